The van der Waals surface area contributed by atoms with Crippen molar-refractivity contribution in [1.29, 1.82) is 0 Å². The van der Waals surface area contributed by atoms with E-state index in [0.29, 0.717) is 6.04 Å². The van der Waals surface area contributed by atoms with Crippen LogP contribution in [0.1, 0.15) is 36.6 Å². The van der Waals surface area contributed by atoms with Crippen molar-refractivity contribution >= 4 is 22.9 Å². The molecule has 0 amide bonds. The molecule has 1 saturated heterocycles. The SMILES string of the molecule is Cc1cc(-c2[nH]c(=O)sc2CN2CCCCC2C)ccc1Cl. The summed E-state index contributed by atoms with van der Waals surface area (Å²) in [6.07, 6.45) is 3.80. The fourth-order valence-corrected chi connectivity index (χ4v) is 4.08. The first kappa shape index (κ1) is 15.8. The topological polar surface area (TPSA) is 36.1 Å². The van der Waals surface area contributed by atoms with Gasteiger partial charge in [0.2, 0.25) is 0 Å². The van der Waals surface area contributed by atoms with Crippen LogP contribution < -0.4 is 4.87 Å². The number of likely N-dealkylation sites (tertiary alicyclic amines) is 1. The van der Waals surface area contributed by atoms with Gasteiger partial charge in [0.25, 0.3) is 0 Å². The Balaban J connectivity index is 1.92. The zero-order chi connectivity index (χ0) is 15.7. The van der Waals surface area contributed by atoms with Gasteiger partial charge in [0, 0.05) is 22.5 Å². The number of nitrogens with zero attached hydrogens (tertiary/aromatic N) is 1. The Morgan fingerprint density at radius 1 is 1.41 bits per heavy atom. The Morgan fingerprint density at radius 3 is 2.95 bits per heavy atom. The van der Waals surface area contributed by atoms with Crippen molar-refractivity contribution in [3.63, 3.8) is 0 Å². The molecule has 1 aliphatic rings. The number of H-pyrrole nitrogens is 1. The number of benzene rings is 1. The highest BCUT2D eigenvalue weighted by atomic mass is 35.5. The molecular weight excluding hydrogens is 316 g/mol. The van der Waals surface area contributed by atoms with E-state index >= 15 is 0 Å². The van der Waals surface area contributed by atoms with Gasteiger partial charge in [0.05, 0.1) is 5.69 Å². The molecule has 0 aliphatic carbocycles. The highest BCUT2D eigenvalue weighted by Crippen LogP contribution is 2.29. The predicted octanol–water partition coefficient (Wildman–Crippen LogP) is 4.44. The lowest BCUT2D eigenvalue weighted by atomic mass is 10.0. The molecule has 1 aromatic heterocycles. The summed E-state index contributed by atoms with van der Waals surface area (Å²) in [4.78, 5) is 18.5. The zero-order valence-electron chi connectivity index (χ0n) is 13.0. The van der Waals surface area contributed by atoms with E-state index in [1.54, 1.807) is 0 Å². The van der Waals surface area contributed by atoms with Crippen molar-refractivity contribution in [2.24, 2.45) is 0 Å². The molecule has 1 N–H and O–H groups in total. The molecule has 1 unspecified atom stereocenters. The third-order valence-electron chi connectivity index (χ3n) is 4.46. The van der Waals surface area contributed by atoms with Gasteiger partial charge >= 0.3 is 4.87 Å². The molecule has 3 nitrogen and oxygen atoms in total. The monoisotopic (exact) mass is 336 g/mol. The molecule has 1 fully saturated rings. The minimum atomic E-state index is 0.0160. The lowest BCUT2D eigenvalue weighted by molar-refractivity contribution is 0.154. The van der Waals surface area contributed by atoms with E-state index in [-0.39, 0.29) is 4.87 Å². The summed E-state index contributed by atoms with van der Waals surface area (Å²) in [5.74, 6) is 0. The van der Waals surface area contributed by atoms with Crippen molar-refractivity contribution < 1.29 is 0 Å². The molecule has 0 bridgehead atoms. The molecule has 5 heteroatoms. The van der Waals surface area contributed by atoms with Crippen LogP contribution in [-0.2, 0) is 6.54 Å². The van der Waals surface area contributed by atoms with Crippen molar-refractivity contribution in [2.45, 2.75) is 45.7 Å². The second-order valence-electron chi connectivity index (χ2n) is 6.09. The number of hydrogen-bond donors (Lipinski definition) is 1. The molecule has 3 rings (SSSR count). The van der Waals surface area contributed by atoms with E-state index in [0.717, 1.165) is 39.8 Å². The van der Waals surface area contributed by atoms with E-state index < -0.39 is 0 Å². The Hall–Kier alpha value is -1.10. The summed E-state index contributed by atoms with van der Waals surface area (Å²) in [5.41, 5.74) is 3.02. The molecule has 118 valence electrons. The molecule has 1 aliphatic heterocycles. The van der Waals surface area contributed by atoms with Gasteiger partial charge in [0.1, 0.15) is 0 Å². The Bertz CT molecular complexity index is 722. The van der Waals surface area contributed by atoms with Crippen LogP contribution in [0.25, 0.3) is 11.3 Å². The number of thiazole rings is 1. The average molecular weight is 337 g/mol. The lowest BCUT2D eigenvalue weighted by Gasteiger charge is -2.33. The quantitative estimate of drug-likeness (QED) is 0.899. The fourth-order valence-electron chi connectivity index (χ4n) is 3.08. The highest BCUT2D eigenvalue weighted by molar-refractivity contribution is 7.09. The number of aromatic nitrogens is 1. The van der Waals surface area contributed by atoms with E-state index in [1.807, 2.05) is 25.1 Å². The van der Waals surface area contributed by atoms with E-state index in [9.17, 15) is 4.79 Å². The smallest absolute Gasteiger partial charge is 0.305 e. The molecule has 0 saturated carbocycles. The van der Waals surface area contributed by atoms with Gasteiger partial charge in [-0.3, -0.25) is 9.69 Å². The molecule has 0 spiro atoms. The van der Waals surface area contributed by atoms with Gasteiger partial charge in [0.15, 0.2) is 0 Å². The van der Waals surface area contributed by atoms with Crippen LogP contribution in [0.4, 0.5) is 0 Å². The van der Waals surface area contributed by atoms with E-state index in [4.69, 9.17) is 11.6 Å². The van der Waals surface area contributed by atoms with Crippen molar-refractivity contribution in [3.8, 4) is 11.3 Å². The molecule has 0 radical (unpaired) electrons. The number of hydrogen-bond acceptors (Lipinski definition) is 3. The van der Waals surface area contributed by atoms with Crippen LogP contribution in [0, 0.1) is 6.92 Å². The number of aromatic amines is 1. The van der Waals surface area contributed by atoms with Crippen LogP contribution in [0.3, 0.4) is 0 Å². The Morgan fingerprint density at radius 2 is 2.23 bits per heavy atom. The predicted molar refractivity (Wildman–Crippen MR) is 93.8 cm³/mol. The molecule has 1 atom stereocenters. The van der Waals surface area contributed by atoms with Gasteiger partial charge in [-0.05, 0) is 56.5 Å². The first-order valence-corrected chi connectivity index (χ1v) is 8.96. The summed E-state index contributed by atoms with van der Waals surface area (Å²) in [5, 5.41) is 0.757. The maximum Gasteiger partial charge on any atom is 0.305 e. The highest BCUT2D eigenvalue weighted by Gasteiger charge is 2.21. The second-order valence-corrected chi connectivity index (χ2v) is 7.57. The largest absolute Gasteiger partial charge is 0.312 e. The number of nitrogens with one attached hydrogen (secondary N) is 1. The van der Waals surface area contributed by atoms with E-state index in [2.05, 4.69) is 16.8 Å². The van der Waals surface area contributed by atoms with Crippen LogP contribution in [0.15, 0.2) is 23.0 Å². The molecule has 22 heavy (non-hydrogen) atoms. The molecule has 2 heterocycles. The van der Waals surface area contributed by atoms with Gasteiger partial charge in [-0.2, -0.15) is 0 Å². The molecule has 1 aromatic carbocycles. The summed E-state index contributed by atoms with van der Waals surface area (Å²) < 4.78 is 0. The second kappa shape index (κ2) is 6.57. The van der Waals surface area contributed by atoms with E-state index in [1.165, 1.54) is 30.6 Å². The maximum absolute atomic E-state index is 11.9. The number of halogens is 1. The number of piperidine rings is 1. The summed E-state index contributed by atoms with van der Waals surface area (Å²) >= 11 is 7.44. The maximum atomic E-state index is 11.9. The minimum Gasteiger partial charge on any atom is -0.312 e. The fraction of sp³-hybridized carbons (Fsp3) is 0.471. The third kappa shape index (κ3) is 3.29. The van der Waals surface area contributed by atoms with Crippen molar-refractivity contribution in [2.75, 3.05) is 6.54 Å². The van der Waals surface area contributed by atoms with Gasteiger partial charge < -0.3 is 4.98 Å². The minimum absolute atomic E-state index is 0.0160. The van der Waals surface area contributed by atoms with Crippen molar-refractivity contribution in [3.05, 3.63) is 43.3 Å². The van der Waals surface area contributed by atoms with Crippen LogP contribution in [0.5, 0.6) is 0 Å². The van der Waals surface area contributed by atoms with Gasteiger partial charge in [-0.1, -0.05) is 35.4 Å². The summed E-state index contributed by atoms with van der Waals surface area (Å²) in [6.45, 7) is 6.23. The van der Waals surface area contributed by atoms with Crippen LogP contribution >= 0.6 is 22.9 Å². The zero-order valence-corrected chi connectivity index (χ0v) is 14.6. The molecule has 2 aromatic rings. The Kier molecular flexibility index (Phi) is 4.71. The lowest BCUT2D eigenvalue weighted by Crippen LogP contribution is -2.36. The van der Waals surface area contributed by atoms with Crippen LogP contribution in [0.2, 0.25) is 5.02 Å². The van der Waals surface area contributed by atoms with Gasteiger partial charge in [-0.25, -0.2) is 0 Å². The summed E-state index contributed by atoms with van der Waals surface area (Å²) in [6, 6.07) is 6.51. The van der Waals surface area contributed by atoms with Crippen LogP contribution in [-0.4, -0.2) is 22.5 Å². The summed E-state index contributed by atoms with van der Waals surface area (Å²) in [7, 11) is 0. The standard InChI is InChI=1S/C17H21ClN2OS/c1-11-9-13(6-7-14(11)18)16-15(22-17(21)19-16)10-20-8-4-3-5-12(20)2/h6-7,9,12H,3-5,8,10H2,1-2H3,(H,19,21). The first-order valence-electron chi connectivity index (χ1n) is 7.77. The van der Waals surface area contributed by atoms with Gasteiger partial charge in [-0.15, -0.1) is 0 Å². The van der Waals surface area contributed by atoms with Crippen molar-refractivity contribution in [1.82, 2.24) is 9.88 Å². The number of aryl methyl sites for hydroxylation is 1. The average Bonchev–Trinajstić information content (AvgIpc) is 2.85. The normalized spacial score (nSPS) is 19.5. The third-order valence-corrected chi connectivity index (χ3v) is 5.75. The molecular formula is C17H21ClN2OS. The number of rotatable bonds is 3. The Labute approximate surface area is 139 Å². The first-order chi connectivity index (χ1) is 10.5.